The predicted octanol–water partition coefficient (Wildman–Crippen LogP) is 5.58. The van der Waals surface area contributed by atoms with Crippen LogP contribution in [0.3, 0.4) is 0 Å². The molecule has 0 spiro atoms. The molecule has 0 atom stereocenters. The molecule has 0 bridgehead atoms. The standard InChI is InChI=1S/C21H19F3N4O/c1-20(2,3)17-11-26-18(29-17)12-4-9-16-15(10-12)27-19(21(22,23)24)28(16)14-7-5-13(25)6-8-14/h4-11H,25H2,1-3H3. The van der Waals surface area contributed by atoms with E-state index in [4.69, 9.17) is 10.2 Å². The highest BCUT2D eigenvalue weighted by atomic mass is 19.4. The first-order valence-electron chi connectivity index (χ1n) is 8.96. The van der Waals surface area contributed by atoms with Gasteiger partial charge in [0.05, 0.1) is 17.2 Å². The maximum absolute atomic E-state index is 13.7. The third kappa shape index (κ3) is 3.46. The van der Waals surface area contributed by atoms with Gasteiger partial charge in [-0.15, -0.1) is 0 Å². The molecule has 0 saturated carbocycles. The lowest BCUT2D eigenvalue weighted by Crippen LogP contribution is -2.13. The topological polar surface area (TPSA) is 69.9 Å². The molecular weight excluding hydrogens is 381 g/mol. The van der Waals surface area contributed by atoms with E-state index in [-0.39, 0.29) is 10.9 Å². The summed E-state index contributed by atoms with van der Waals surface area (Å²) in [6.07, 6.45) is -2.99. The molecule has 2 heterocycles. The molecule has 0 aliphatic heterocycles. The minimum Gasteiger partial charge on any atom is -0.441 e. The number of alkyl halides is 3. The molecule has 150 valence electrons. The summed E-state index contributed by atoms with van der Waals surface area (Å²) in [5, 5.41) is 0. The second-order valence-electron chi connectivity index (χ2n) is 7.84. The minimum absolute atomic E-state index is 0.196. The normalized spacial score (nSPS) is 12.6. The summed E-state index contributed by atoms with van der Waals surface area (Å²) < 4.78 is 47.9. The van der Waals surface area contributed by atoms with Gasteiger partial charge < -0.3 is 10.2 Å². The van der Waals surface area contributed by atoms with Crippen molar-refractivity contribution in [3.8, 4) is 17.1 Å². The van der Waals surface area contributed by atoms with Gasteiger partial charge in [-0.1, -0.05) is 20.8 Å². The summed E-state index contributed by atoms with van der Waals surface area (Å²) in [4.78, 5) is 8.13. The van der Waals surface area contributed by atoms with Gasteiger partial charge in [-0.25, -0.2) is 9.97 Å². The highest BCUT2D eigenvalue weighted by Crippen LogP contribution is 2.35. The van der Waals surface area contributed by atoms with Crippen LogP contribution in [0.5, 0.6) is 0 Å². The molecule has 0 aliphatic rings. The number of nitrogens with zero attached hydrogens (tertiary/aromatic N) is 3. The van der Waals surface area contributed by atoms with Crippen LogP contribution in [-0.2, 0) is 11.6 Å². The van der Waals surface area contributed by atoms with E-state index in [1.165, 1.54) is 12.1 Å². The van der Waals surface area contributed by atoms with E-state index in [1.807, 2.05) is 20.8 Å². The Morgan fingerprint density at radius 2 is 1.69 bits per heavy atom. The molecule has 8 heteroatoms. The Balaban J connectivity index is 1.88. The van der Waals surface area contributed by atoms with Gasteiger partial charge in [-0.2, -0.15) is 13.2 Å². The van der Waals surface area contributed by atoms with Gasteiger partial charge in [-0.3, -0.25) is 4.57 Å². The molecule has 29 heavy (non-hydrogen) atoms. The molecule has 0 unspecified atom stereocenters. The fourth-order valence-electron chi connectivity index (χ4n) is 3.04. The first kappa shape index (κ1) is 19.0. The first-order valence-corrected chi connectivity index (χ1v) is 8.96. The number of oxazole rings is 1. The number of aromatic nitrogens is 3. The molecular formula is C21H19F3N4O. The Hall–Kier alpha value is -3.29. The highest BCUT2D eigenvalue weighted by Gasteiger charge is 2.38. The van der Waals surface area contributed by atoms with E-state index in [1.54, 1.807) is 36.5 Å². The summed E-state index contributed by atoms with van der Waals surface area (Å²) in [5.41, 5.74) is 7.32. The summed E-state index contributed by atoms with van der Waals surface area (Å²) in [6, 6.07) is 11.0. The Morgan fingerprint density at radius 3 is 2.28 bits per heavy atom. The van der Waals surface area contributed by atoms with Crippen LogP contribution in [0.25, 0.3) is 28.2 Å². The quantitative estimate of drug-likeness (QED) is 0.446. The van der Waals surface area contributed by atoms with Gasteiger partial charge in [0.25, 0.3) is 0 Å². The maximum atomic E-state index is 13.7. The lowest BCUT2D eigenvalue weighted by atomic mass is 9.94. The van der Waals surface area contributed by atoms with Crippen molar-refractivity contribution < 1.29 is 17.6 Å². The number of benzene rings is 2. The smallest absolute Gasteiger partial charge is 0.441 e. The van der Waals surface area contributed by atoms with Gasteiger partial charge in [0.2, 0.25) is 11.7 Å². The Bertz CT molecular complexity index is 1180. The monoisotopic (exact) mass is 400 g/mol. The van der Waals surface area contributed by atoms with Crippen molar-refractivity contribution in [3.05, 3.63) is 60.2 Å². The SMILES string of the molecule is CC(C)(C)c1cnc(-c2ccc3c(c2)nc(C(F)(F)F)n3-c2ccc(N)cc2)o1. The highest BCUT2D eigenvalue weighted by molar-refractivity contribution is 5.83. The lowest BCUT2D eigenvalue weighted by molar-refractivity contribution is -0.145. The maximum Gasteiger partial charge on any atom is 0.450 e. The zero-order chi connectivity index (χ0) is 21.0. The van der Waals surface area contributed by atoms with Crippen LogP contribution < -0.4 is 5.73 Å². The first-order chi connectivity index (χ1) is 13.5. The van der Waals surface area contributed by atoms with Crippen LogP contribution in [0.1, 0.15) is 32.4 Å². The van der Waals surface area contributed by atoms with Crippen LogP contribution in [0.4, 0.5) is 18.9 Å². The minimum atomic E-state index is -4.62. The summed E-state index contributed by atoms with van der Waals surface area (Å²) >= 11 is 0. The summed E-state index contributed by atoms with van der Waals surface area (Å²) in [5.74, 6) is 0.0283. The Morgan fingerprint density at radius 1 is 1.00 bits per heavy atom. The Kier molecular flexibility index (Phi) is 4.18. The predicted molar refractivity (Wildman–Crippen MR) is 105 cm³/mol. The molecule has 0 aliphatic carbocycles. The molecule has 0 saturated heterocycles. The zero-order valence-electron chi connectivity index (χ0n) is 16.1. The molecule has 2 aromatic carbocycles. The molecule has 0 amide bonds. The fraction of sp³-hybridized carbons (Fsp3) is 0.238. The van der Waals surface area contributed by atoms with E-state index < -0.39 is 12.0 Å². The third-order valence-corrected chi connectivity index (χ3v) is 4.55. The molecule has 0 radical (unpaired) electrons. The van der Waals surface area contributed by atoms with Gasteiger partial charge in [0, 0.05) is 22.4 Å². The number of imidazole rings is 1. The van der Waals surface area contributed by atoms with Crippen molar-refractivity contribution in [2.45, 2.75) is 32.4 Å². The second-order valence-corrected chi connectivity index (χ2v) is 7.84. The fourth-order valence-corrected chi connectivity index (χ4v) is 3.04. The van der Waals surface area contributed by atoms with E-state index in [9.17, 15) is 13.2 Å². The molecule has 4 aromatic rings. The second kappa shape index (κ2) is 6.37. The van der Waals surface area contributed by atoms with Crippen LogP contribution in [0, 0.1) is 0 Å². The molecule has 2 aromatic heterocycles. The number of hydrogen-bond acceptors (Lipinski definition) is 4. The van der Waals surface area contributed by atoms with Crippen molar-refractivity contribution in [1.29, 1.82) is 0 Å². The summed E-state index contributed by atoms with van der Waals surface area (Å²) in [7, 11) is 0. The van der Waals surface area contributed by atoms with Crippen LogP contribution >= 0.6 is 0 Å². The van der Waals surface area contributed by atoms with Crippen molar-refractivity contribution in [3.63, 3.8) is 0 Å². The molecule has 5 nitrogen and oxygen atoms in total. The average Bonchev–Trinajstić information content (AvgIpc) is 3.26. The molecule has 4 rings (SSSR count). The Labute approximate surface area is 165 Å². The van der Waals surface area contributed by atoms with Crippen LogP contribution in [0.15, 0.2) is 53.1 Å². The van der Waals surface area contributed by atoms with Crippen molar-refractivity contribution >= 4 is 16.7 Å². The van der Waals surface area contributed by atoms with Gasteiger partial charge >= 0.3 is 6.18 Å². The lowest BCUT2D eigenvalue weighted by Gasteiger charge is -2.13. The van der Waals surface area contributed by atoms with Gasteiger partial charge in [0.15, 0.2) is 0 Å². The third-order valence-electron chi connectivity index (χ3n) is 4.55. The summed E-state index contributed by atoms with van der Waals surface area (Å²) in [6.45, 7) is 5.97. The van der Waals surface area contributed by atoms with Crippen molar-refractivity contribution in [2.24, 2.45) is 0 Å². The van der Waals surface area contributed by atoms with Crippen LogP contribution in [0.2, 0.25) is 0 Å². The van der Waals surface area contributed by atoms with Crippen LogP contribution in [-0.4, -0.2) is 14.5 Å². The van der Waals surface area contributed by atoms with E-state index in [2.05, 4.69) is 9.97 Å². The number of halogens is 3. The number of anilines is 1. The molecule has 2 N–H and O–H groups in total. The van der Waals surface area contributed by atoms with Gasteiger partial charge in [0.1, 0.15) is 5.76 Å². The van der Waals surface area contributed by atoms with E-state index >= 15 is 0 Å². The van der Waals surface area contributed by atoms with Crippen molar-refractivity contribution in [1.82, 2.24) is 14.5 Å². The number of rotatable bonds is 2. The van der Waals surface area contributed by atoms with Gasteiger partial charge in [-0.05, 0) is 42.5 Å². The van der Waals surface area contributed by atoms with Crippen molar-refractivity contribution in [2.75, 3.05) is 5.73 Å². The largest absolute Gasteiger partial charge is 0.450 e. The zero-order valence-corrected chi connectivity index (χ0v) is 16.1. The van der Waals surface area contributed by atoms with E-state index in [0.717, 1.165) is 4.57 Å². The number of nitrogen functional groups attached to an aromatic ring is 1. The number of hydrogen-bond donors (Lipinski definition) is 1. The van der Waals surface area contributed by atoms with E-state index in [0.29, 0.717) is 34.1 Å². The number of nitrogens with two attached hydrogens (primary N) is 1. The average molecular weight is 400 g/mol. The molecule has 0 fully saturated rings. The number of fused-ring (bicyclic) bond motifs is 1.